The van der Waals surface area contributed by atoms with Crippen molar-refractivity contribution >= 4 is 43.7 Å². The second kappa shape index (κ2) is 26.2. The van der Waals surface area contributed by atoms with Crippen LogP contribution in [0.4, 0.5) is 0 Å². The molecule has 0 aromatic heterocycles. The van der Waals surface area contributed by atoms with Crippen molar-refractivity contribution < 1.29 is 24.2 Å². The summed E-state index contributed by atoms with van der Waals surface area (Å²) in [6, 6.07) is 0. The standard InChI is InChI=1S/C7H12BrNO2.C4H5BrO2.C3H9NO/c1-11-6-5-9-7(10)3-2-4-8;5-3-1-2-4(6)7;1-5-3-2-4/h2-3H,4-6H2,1H3,(H,9,10);1-2H,3H2,(H,6,7);2-4H2,1H3/b3-2+;2-1+;. The minimum absolute atomic E-state index is 0.0819. The third-order valence-corrected chi connectivity index (χ3v) is 2.38. The van der Waals surface area contributed by atoms with Crippen molar-refractivity contribution in [3.63, 3.8) is 0 Å². The van der Waals surface area contributed by atoms with Crippen LogP contribution in [0, 0.1) is 0 Å². The third-order valence-electron chi connectivity index (χ3n) is 1.64. The predicted molar refractivity (Wildman–Crippen MR) is 99.3 cm³/mol. The Morgan fingerprint density at radius 1 is 1.09 bits per heavy atom. The van der Waals surface area contributed by atoms with Crippen LogP contribution in [0.2, 0.25) is 0 Å². The Kier molecular flexibility index (Phi) is 30.9. The van der Waals surface area contributed by atoms with Gasteiger partial charge >= 0.3 is 5.97 Å². The van der Waals surface area contributed by atoms with Crippen LogP contribution in [-0.2, 0) is 19.1 Å². The highest BCUT2D eigenvalue weighted by molar-refractivity contribution is 9.09. The van der Waals surface area contributed by atoms with Gasteiger partial charge in [0.25, 0.3) is 0 Å². The number of rotatable bonds is 9. The van der Waals surface area contributed by atoms with Gasteiger partial charge in [0.1, 0.15) is 0 Å². The van der Waals surface area contributed by atoms with Crippen LogP contribution >= 0.6 is 31.9 Å². The number of amides is 1. The van der Waals surface area contributed by atoms with Crippen LogP contribution in [0.3, 0.4) is 0 Å². The number of halogens is 2. The minimum Gasteiger partial charge on any atom is -0.478 e. The van der Waals surface area contributed by atoms with Gasteiger partial charge in [0.2, 0.25) is 5.91 Å². The molecule has 1 amide bonds. The molecule has 0 unspecified atom stereocenters. The van der Waals surface area contributed by atoms with E-state index >= 15 is 0 Å². The number of aliphatic carboxylic acids is 1. The molecule has 0 fully saturated rings. The molecule has 23 heavy (non-hydrogen) atoms. The van der Waals surface area contributed by atoms with Gasteiger partial charge in [0, 0.05) is 44.0 Å². The Hall–Kier alpha value is -0.740. The predicted octanol–water partition coefficient (Wildman–Crippen LogP) is 1.31. The van der Waals surface area contributed by atoms with Crippen LogP contribution < -0.4 is 11.1 Å². The Morgan fingerprint density at radius 3 is 1.91 bits per heavy atom. The topological polar surface area (TPSA) is 111 Å². The lowest BCUT2D eigenvalue weighted by Crippen LogP contribution is -2.24. The van der Waals surface area contributed by atoms with Gasteiger partial charge in [-0.1, -0.05) is 44.0 Å². The molecule has 0 atom stereocenters. The van der Waals surface area contributed by atoms with E-state index < -0.39 is 5.97 Å². The second-order valence-electron chi connectivity index (χ2n) is 3.52. The molecule has 0 aromatic carbocycles. The zero-order valence-corrected chi connectivity index (χ0v) is 16.6. The molecule has 136 valence electrons. The molecule has 4 N–H and O–H groups in total. The maximum absolute atomic E-state index is 10.8. The summed E-state index contributed by atoms with van der Waals surface area (Å²) in [4.78, 5) is 20.5. The van der Waals surface area contributed by atoms with Gasteiger partial charge < -0.3 is 25.6 Å². The lowest BCUT2D eigenvalue weighted by Gasteiger charge is -1.98. The first-order valence-electron chi connectivity index (χ1n) is 6.63. The van der Waals surface area contributed by atoms with Crippen molar-refractivity contribution in [1.29, 1.82) is 0 Å². The van der Waals surface area contributed by atoms with Crippen molar-refractivity contribution in [2.45, 2.75) is 0 Å². The SMILES string of the molecule is COCCN.COCCNC(=O)/C=C/CBr.O=C(O)/C=C/CBr. The van der Waals surface area contributed by atoms with Crippen molar-refractivity contribution in [2.24, 2.45) is 5.73 Å². The molecule has 0 radical (unpaired) electrons. The first-order chi connectivity index (χ1) is 11.0. The van der Waals surface area contributed by atoms with E-state index in [1.807, 2.05) is 0 Å². The molecule has 9 heteroatoms. The molecule has 0 saturated heterocycles. The summed E-state index contributed by atoms with van der Waals surface area (Å²) in [6.07, 6.45) is 5.84. The normalized spacial score (nSPS) is 9.78. The molecule has 0 saturated carbocycles. The maximum Gasteiger partial charge on any atom is 0.328 e. The number of carbonyl (C=O) groups excluding carboxylic acids is 1. The largest absolute Gasteiger partial charge is 0.478 e. The molecule has 0 aliphatic carbocycles. The van der Waals surface area contributed by atoms with Gasteiger partial charge in [-0.2, -0.15) is 0 Å². The molecule has 0 bridgehead atoms. The number of carbonyl (C=O) groups is 2. The Labute approximate surface area is 154 Å². The summed E-state index contributed by atoms with van der Waals surface area (Å²) in [7, 11) is 3.23. The third kappa shape index (κ3) is 38.8. The molecule has 0 aliphatic rings. The van der Waals surface area contributed by atoms with Crippen molar-refractivity contribution in [1.82, 2.24) is 5.32 Å². The van der Waals surface area contributed by atoms with Gasteiger partial charge in [-0.15, -0.1) is 0 Å². The summed E-state index contributed by atoms with van der Waals surface area (Å²) in [5, 5.41) is 11.9. The number of nitrogens with one attached hydrogen (secondary N) is 1. The zero-order chi connectivity index (χ0) is 18.3. The molecule has 0 heterocycles. The van der Waals surface area contributed by atoms with Gasteiger partial charge in [-0.05, 0) is 6.08 Å². The maximum atomic E-state index is 10.8. The average Bonchev–Trinajstić information content (AvgIpc) is 2.53. The first kappa shape index (κ1) is 27.1. The van der Waals surface area contributed by atoms with E-state index in [1.165, 1.54) is 12.2 Å². The van der Waals surface area contributed by atoms with Crippen LogP contribution in [0.15, 0.2) is 24.3 Å². The smallest absolute Gasteiger partial charge is 0.328 e. The van der Waals surface area contributed by atoms with E-state index in [-0.39, 0.29) is 5.91 Å². The highest BCUT2D eigenvalue weighted by Gasteiger charge is 1.91. The highest BCUT2D eigenvalue weighted by Crippen LogP contribution is 1.81. The molecule has 0 rings (SSSR count). The van der Waals surface area contributed by atoms with Crippen LogP contribution in [0.25, 0.3) is 0 Å². The second-order valence-corrected chi connectivity index (χ2v) is 4.81. The number of hydrogen-bond donors (Lipinski definition) is 3. The number of methoxy groups -OCH3 is 2. The molecule has 0 aliphatic heterocycles. The van der Waals surface area contributed by atoms with Crippen LogP contribution in [0.5, 0.6) is 0 Å². The van der Waals surface area contributed by atoms with Gasteiger partial charge in [0.15, 0.2) is 0 Å². The molecular weight excluding hydrogens is 436 g/mol. The van der Waals surface area contributed by atoms with Crippen molar-refractivity contribution in [3.05, 3.63) is 24.3 Å². The van der Waals surface area contributed by atoms with Crippen molar-refractivity contribution in [3.8, 4) is 0 Å². The van der Waals surface area contributed by atoms with Gasteiger partial charge in [-0.3, -0.25) is 4.79 Å². The molecule has 0 aromatic rings. The summed E-state index contributed by atoms with van der Waals surface area (Å²) < 4.78 is 9.31. The molecule has 7 nitrogen and oxygen atoms in total. The number of ether oxygens (including phenoxy) is 2. The van der Waals surface area contributed by atoms with Gasteiger partial charge in [0.05, 0.1) is 13.2 Å². The summed E-state index contributed by atoms with van der Waals surface area (Å²) in [5.74, 6) is -0.985. The van der Waals surface area contributed by atoms with Gasteiger partial charge in [-0.25, -0.2) is 4.79 Å². The average molecular weight is 462 g/mol. The Bertz CT molecular complexity index is 324. The fourth-order valence-electron chi connectivity index (χ4n) is 0.750. The number of allylic oxidation sites excluding steroid dienone is 2. The number of hydrogen-bond acceptors (Lipinski definition) is 5. The highest BCUT2D eigenvalue weighted by atomic mass is 79.9. The van der Waals surface area contributed by atoms with E-state index in [4.69, 9.17) is 15.6 Å². The quantitative estimate of drug-likeness (QED) is 0.271. The first-order valence-corrected chi connectivity index (χ1v) is 8.88. The summed E-state index contributed by atoms with van der Waals surface area (Å²) in [6.45, 7) is 2.40. The minimum atomic E-state index is -0.903. The van der Waals surface area contributed by atoms with Crippen LogP contribution in [0.1, 0.15) is 0 Å². The molecular formula is C14H26Br2N2O5. The van der Waals surface area contributed by atoms with Crippen LogP contribution in [-0.4, -0.2) is 68.2 Å². The number of carboxylic acid groups (broad SMARTS) is 1. The van der Waals surface area contributed by atoms with E-state index in [0.29, 0.717) is 37.0 Å². The lowest BCUT2D eigenvalue weighted by molar-refractivity contribution is -0.131. The summed E-state index contributed by atoms with van der Waals surface area (Å²) >= 11 is 6.20. The fraction of sp³-hybridized carbons (Fsp3) is 0.571. The molecule has 0 spiro atoms. The Morgan fingerprint density at radius 2 is 1.61 bits per heavy atom. The Balaban J connectivity index is -0.000000286. The van der Waals surface area contributed by atoms with E-state index in [2.05, 4.69) is 41.9 Å². The summed E-state index contributed by atoms with van der Waals surface area (Å²) in [5.41, 5.74) is 5.01. The number of alkyl halides is 2. The van der Waals surface area contributed by atoms with Crippen molar-refractivity contribution in [2.75, 3.05) is 51.2 Å². The van der Waals surface area contributed by atoms with E-state index in [0.717, 1.165) is 6.08 Å². The number of nitrogens with two attached hydrogens (primary N) is 1. The zero-order valence-electron chi connectivity index (χ0n) is 13.5. The fourth-order valence-corrected chi connectivity index (χ4v) is 1.12. The van der Waals surface area contributed by atoms with E-state index in [1.54, 1.807) is 20.3 Å². The lowest BCUT2D eigenvalue weighted by atomic mass is 10.5. The number of carboxylic acids is 1. The van der Waals surface area contributed by atoms with E-state index in [9.17, 15) is 9.59 Å². The monoisotopic (exact) mass is 460 g/mol.